The first-order valence-electron chi connectivity index (χ1n) is 9.38. The molecule has 2 heterocycles. The number of nitrogens with one attached hydrogen (secondary N) is 1. The molecule has 1 N–H and O–H groups in total. The molecule has 1 saturated carbocycles. The first kappa shape index (κ1) is 15.8. The van der Waals surface area contributed by atoms with Crippen molar-refractivity contribution in [1.82, 2.24) is 10.2 Å². The van der Waals surface area contributed by atoms with Gasteiger partial charge in [0.05, 0.1) is 6.10 Å². The minimum Gasteiger partial charge on any atom is -0.378 e. The van der Waals surface area contributed by atoms with Crippen molar-refractivity contribution < 1.29 is 4.74 Å². The van der Waals surface area contributed by atoms with E-state index in [1.807, 2.05) is 0 Å². The van der Waals surface area contributed by atoms with Gasteiger partial charge in [0, 0.05) is 24.7 Å². The third-order valence-electron chi connectivity index (χ3n) is 6.00. The fourth-order valence-corrected chi connectivity index (χ4v) is 4.59. The molecule has 0 bridgehead atoms. The molecule has 0 radical (unpaired) electrons. The van der Waals surface area contributed by atoms with E-state index in [1.165, 1.54) is 83.8 Å². The Hall–Kier alpha value is -0.120. The summed E-state index contributed by atoms with van der Waals surface area (Å²) in [6, 6.07) is 0.739. The molecule has 0 aromatic heterocycles. The summed E-state index contributed by atoms with van der Waals surface area (Å²) in [5.74, 6) is 0. The molecule has 3 aliphatic rings. The van der Waals surface area contributed by atoms with Crippen LogP contribution in [0.3, 0.4) is 0 Å². The van der Waals surface area contributed by atoms with E-state index >= 15 is 0 Å². The second-order valence-electron chi connectivity index (χ2n) is 7.65. The van der Waals surface area contributed by atoms with Crippen LogP contribution in [0, 0.1) is 0 Å². The number of ether oxygens (including phenoxy) is 1. The smallest absolute Gasteiger partial charge is 0.0576 e. The van der Waals surface area contributed by atoms with Crippen molar-refractivity contribution in [3.63, 3.8) is 0 Å². The molecule has 3 nitrogen and oxygen atoms in total. The minimum atomic E-state index is 0.437. The number of hydrogen-bond donors (Lipinski definition) is 1. The summed E-state index contributed by atoms with van der Waals surface area (Å²) in [6.45, 7) is 7.18. The second kappa shape index (κ2) is 7.43. The van der Waals surface area contributed by atoms with Gasteiger partial charge in [-0.3, -0.25) is 4.90 Å². The number of hydrogen-bond acceptors (Lipinski definition) is 3. The fourth-order valence-electron chi connectivity index (χ4n) is 4.59. The van der Waals surface area contributed by atoms with Crippen molar-refractivity contribution in [3.05, 3.63) is 0 Å². The zero-order valence-electron chi connectivity index (χ0n) is 13.9. The zero-order valence-corrected chi connectivity index (χ0v) is 13.9. The normalized spacial score (nSPS) is 34.1. The molecule has 0 aromatic carbocycles. The molecule has 3 fully saturated rings. The highest BCUT2D eigenvalue weighted by Gasteiger charge is 2.36. The third kappa shape index (κ3) is 4.20. The van der Waals surface area contributed by atoms with Crippen molar-refractivity contribution in [2.75, 3.05) is 26.2 Å². The van der Waals surface area contributed by atoms with Crippen molar-refractivity contribution >= 4 is 0 Å². The molecule has 3 rings (SSSR count). The van der Waals surface area contributed by atoms with E-state index in [4.69, 9.17) is 4.74 Å². The predicted molar refractivity (Wildman–Crippen MR) is 87.7 cm³/mol. The van der Waals surface area contributed by atoms with Gasteiger partial charge in [-0.05, 0) is 65.0 Å². The van der Waals surface area contributed by atoms with Gasteiger partial charge in [-0.1, -0.05) is 19.3 Å². The van der Waals surface area contributed by atoms with Gasteiger partial charge < -0.3 is 10.1 Å². The quantitative estimate of drug-likeness (QED) is 0.861. The van der Waals surface area contributed by atoms with Crippen LogP contribution in [0.1, 0.15) is 71.1 Å². The van der Waals surface area contributed by atoms with Crippen LogP contribution >= 0.6 is 0 Å². The summed E-state index contributed by atoms with van der Waals surface area (Å²) in [7, 11) is 0. The second-order valence-corrected chi connectivity index (χ2v) is 7.65. The van der Waals surface area contributed by atoms with Gasteiger partial charge in [-0.15, -0.1) is 0 Å². The third-order valence-corrected chi connectivity index (χ3v) is 6.00. The van der Waals surface area contributed by atoms with Gasteiger partial charge in [-0.2, -0.15) is 0 Å². The fraction of sp³-hybridized carbons (Fsp3) is 1.00. The zero-order chi connectivity index (χ0) is 14.5. The molecular formula is C18H34N2O. The molecule has 3 heteroatoms. The molecule has 1 spiro atoms. The van der Waals surface area contributed by atoms with Crippen LogP contribution in [0.15, 0.2) is 0 Å². The van der Waals surface area contributed by atoms with Crippen LogP contribution in [0.5, 0.6) is 0 Å². The van der Waals surface area contributed by atoms with E-state index in [0.29, 0.717) is 11.6 Å². The van der Waals surface area contributed by atoms with Crippen LogP contribution in [0.2, 0.25) is 0 Å². The van der Waals surface area contributed by atoms with E-state index in [1.54, 1.807) is 0 Å². The Morgan fingerprint density at radius 1 is 1.14 bits per heavy atom. The van der Waals surface area contributed by atoms with Crippen molar-refractivity contribution in [3.8, 4) is 0 Å². The largest absolute Gasteiger partial charge is 0.378 e. The molecule has 0 aromatic rings. The van der Waals surface area contributed by atoms with Crippen LogP contribution in [0.25, 0.3) is 0 Å². The van der Waals surface area contributed by atoms with Crippen molar-refractivity contribution in [2.45, 2.75) is 88.8 Å². The minimum absolute atomic E-state index is 0.437. The lowest BCUT2D eigenvalue weighted by atomic mass is 9.81. The van der Waals surface area contributed by atoms with Crippen molar-refractivity contribution in [2.24, 2.45) is 0 Å². The average molecular weight is 294 g/mol. The van der Waals surface area contributed by atoms with E-state index in [-0.39, 0.29) is 0 Å². The van der Waals surface area contributed by atoms with Gasteiger partial charge in [0.15, 0.2) is 0 Å². The van der Waals surface area contributed by atoms with E-state index in [0.717, 1.165) is 12.6 Å². The monoisotopic (exact) mass is 294 g/mol. The first-order valence-corrected chi connectivity index (χ1v) is 9.38. The SMILES string of the molecule is CC1CCNC2(CCCCC2)CN1CCCC1CCCO1. The van der Waals surface area contributed by atoms with Gasteiger partial charge in [0.25, 0.3) is 0 Å². The number of nitrogens with zero attached hydrogens (tertiary/aromatic N) is 1. The van der Waals surface area contributed by atoms with Crippen LogP contribution in [-0.2, 0) is 4.74 Å². The van der Waals surface area contributed by atoms with Gasteiger partial charge in [0.2, 0.25) is 0 Å². The molecule has 122 valence electrons. The van der Waals surface area contributed by atoms with Crippen LogP contribution < -0.4 is 5.32 Å². The standard InChI is InChI=1S/C18H34N2O/c1-16-9-12-19-18(10-3-2-4-11-18)15-20(16)13-5-7-17-8-6-14-21-17/h16-17,19H,2-15H2,1H3. The highest BCUT2D eigenvalue weighted by Crippen LogP contribution is 2.31. The summed E-state index contributed by atoms with van der Waals surface area (Å²) < 4.78 is 5.77. The molecule has 2 aliphatic heterocycles. The van der Waals surface area contributed by atoms with Gasteiger partial charge in [-0.25, -0.2) is 0 Å². The Morgan fingerprint density at radius 3 is 2.76 bits per heavy atom. The molecule has 21 heavy (non-hydrogen) atoms. The molecule has 2 unspecified atom stereocenters. The average Bonchev–Trinajstić information content (AvgIpc) is 2.95. The summed E-state index contributed by atoms with van der Waals surface area (Å²) in [6.07, 6.45) is 14.1. The highest BCUT2D eigenvalue weighted by atomic mass is 16.5. The van der Waals surface area contributed by atoms with E-state index < -0.39 is 0 Å². The van der Waals surface area contributed by atoms with Crippen LogP contribution in [-0.4, -0.2) is 48.8 Å². The van der Waals surface area contributed by atoms with Crippen molar-refractivity contribution in [1.29, 1.82) is 0 Å². The summed E-state index contributed by atoms with van der Waals surface area (Å²) in [5, 5.41) is 3.92. The molecular weight excluding hydrogens is 260 g/mol. The summed E-state index contributed by atoms with van der Waals surface area (Å²) in [5.41, 5.74) is 0.437. The Kier molecular flexibility index (Phi) is 5.58. The molecule has 1 aliphatic carbocycles. The Morgan fingerprint density at radius 2 is 2.00 bits per heavy atom. The molecule has 2 saturated heterocycles. The van der Waals surface area contributed by atoms with E-state index in [2.05, 4.69) is 17.1 Å². The maximum atomic E-state index is 5.77. The predicted octanol–water partition coefficient (Wildman–Crippen LogP) is 3.33. The van der Waals surface area contributed by atoms with E-state index in [9.17, 15) is 0 Å². The lowest BCUT2D eigenvalue weighted by Crippen LogP contribution is -2.53. The van der Waals surface area contributed by atoms with Gasteiger partial charge in [0.1, 0.15) is 0 Å². The van der Waals surface area contributed by atoms with Gasteiger partial charge >= 0.3 is 0 Å². The Balaban J connectivity index is 1.50. The Labute approximate surface area is 130 Å². The highest BCUT2D eigenvalue weighted by molar-refractivity contribution is 4.96. The summed E-state index contributed by atoms with van der Waals surface area (Å²) in [4.78, 5) is 2.78. The lowest BCUT2D eigenvalue weighted by Gasteiger charge is -2.41. The molecule has 2 atom stereocenters. The summed E-state index contributed by atoms with van der Waals surface area (Å²) >= 11 is 0. The maximum absolute atomic E-state index is 5.77. The van der Waals surface area contributed by atoms with Crippen LogP contribution in [0.4, 0.5) is 0 Å². The topological polar surface area (TPSA) is 24.5 Å². The Bertz CT molecular complexity index is 308. The molecule has 0 amide bonds. The lowest BCUT2D eigenvalue weighted by molar-refractivity contribution is 0.0913. The maximum Gasteiger partial charge on any atom is 0.0576 e. The number of rotatable bonds is 4. The first-order chi connectivity index (χ1) is 10.3.